The first-order chi connectivity index (χ1) is 14.9. The molecule has 2 aromatic carbocycles. The minimum Gasteiger partial charge on any atom is -0.497 e. The average Bonchev–Trinajstić information content (AvgIpc) is 3.33. The fourth-order valence-corrected chi connectivity index (χ4v) is 3.91. The van der Waals surface area contributed by atoms with E-state index in [1.807, 2.05) is 29.6 Å². The van der Waals surface area contributed by atoms with E-state index in [1.54, 1.807) is 30.6 Å². The van der Waals surface area contributed by atoms with Gasteiger partial charge in [0, 0.05) is 36.7 Å². The van der Waals surface area contributed by atoms with Gasteiger partial charge in [0.1, 0.15) is 11.4 Å². The molecule has 2 aromatic heterocycles. The quantitative estimate of drug-likeness (QED) is 0.361. The summed E-state index contributed by atoms with van der Waals surface area (Å²) in [6.45, 7) is 0. The molecule has 0 aliphatic carbocycles. The number of hydrogen-bond acceptors (Lipinski definition) is 8. The summed E-state index contributed by atoms with van der Waals surface area (Å²) in [7, 11) is 4.99. The van der Waals surface area contributed by atoms with Gasteiger partial charge in [0.15, 0.2) is 0 Å². The number of anilines is 2. The number of methoxy groups -OCH3 is 1. The Balaban J connectivity index is 1.62. The minimum absolute atomic E-state index is 0.111. The molecule has 0 aliphatic rings. The lowest BCUT2D eigenvalue weighted by atomic mass is 10.1. The van der Waals surface area contributed by atoms with Crippen LogP contribution in [0.15, 0.2) is 47.8 Å². The van der Waals surface area contributed by atoms with E-state index in [9.17, 15) is 14.9 Å². The number of benzene rings is 2. The Labute approximate surface area is 180 Å². The van der Waals surface area contributed by atoms with Crippen molar-refractivity contribution in [2.75, 3.05) is 31.4 Å². The lowest BCUT2D eigenvalue weighted by molar-refractivity contribution is -0.384. The number of carbonyl (C=O) groups excluding carboxylic acids is 1. The summed E-state index contributed by atoms with van der Waals surface area (Å²) >= 11 is 1.38. The molecule has 0 bridgehead atoms. The lowest BCUT2D eigenvalue weighted by Gasteiger charge is -2.13. The normalized spacial score (nSPS) is 10.8. The van der Waals surface area contributed by atoms with Crippen molar-refractivity contribution in [3.05, 3.63) is 63.5 Å². The lowest BCUT2D eigenvalue weighted by Crippen LogP contribution is -2.15. The number of ether oxygens (including phenoxy) is 1. The van der Waals surface area contributed by atoms with Gasteiger partial charge in [-0.1, -0.05) is 12.1 Å². The van der Waals surface area contributed by atoms with Gasteiger partial charge in [-0.2, -0.15) is 4.98 Å². The van der Waals surface area contributed by atoms with Crippen molar-refractivity contribution in [1.82, 2.24) is 14.6 Å². The molecule has 10 nitrogen and oxygen atoms in total. The van der Waals surface area contributed by atoms with Gasteiger partial charge >= 0.3 is 0 Å². The first-order valence-electron chi connectivity index (χ1n) is 9.13. The van der Waals surface area contributed by atoms with E-state index in [0.29, 0.717) is 16.4 Å². The molecule has 0 atom stereocenters. The van der Waals surface area contributed by atoms with E-state index >= 15 is 0 Å². The first-order valence-corrected chi connectivity index (χ1v) is 10.0. The standard InChI is InChI=1S/C20H18N6O4S/c1-24(2)15-8-7-13(10-16(15)26(28)29)18(27)21-19-22-20-25(23-19)17(11-31-20)12-5-4-6-14(9-12)30-3/h4-11H,1-3H3,(H,21,23,27). The van der Waals surface area contributed by atoms with E-state index < -0.39 is 10.8 Å². The number of aromatic nitrogens is 3. The molecule has 0 aliphatic heterocycles. The third kappa shape index (κ3) is 3.90. The maximum Gasteiger partial charge on any atom is 0.293 e. The number of nitro benzene ring substituents is 1. The van der Waals surface area contributed by atoms with Gasteiger partial charge in [0.2, 0.25) is 4.96 Å². The maximum absolute atomic E-state index is 12.7. The molecular weight excluding hydrogens is 420 g/mol. The summed E-state index contributed by atoms with van der Waals surface area (Å²) in [5.41, 5.74) is 2.09. The smallest absolute Gasteiger partial charge is 0.293 e. The monoisotopic (exact) mass is 438 g/mol. The summed E-state index contributed by atoms with van der Waals surface area (Å²) in [6.07, 6.45) is 0. The summed E-state index contributed by atoms with van der Waals surface area (Å²) in [5.74, 6) is 0.295. The van der Waals surface area contributed by atoms with Crippen LogP contribution in [0.2, 0.25) is 0 Å². The van der Waals surface area contributed by atoms with Crippen LogP contribution in [0.1, 0.15) is 10.4 Å². The molecule has 0 radical (unpaired) electrons. The Morgan fingerprint density at radius 2 is 2.06 bits per heavy atom. The van der Waals surface area contributed by atoms with Crippen LogP contribution in [-0.4, -0.2) is 46.6 Å². The summed E-state index contributed by atoms with van der Waals surface area (Å²) in [5, 5.41) is 20.3. The van der Waals surface area contributed by atoms with E-state index in [2.05, 4.69) is 15.4 Å². The highest BCUT2D eigenvalue weighted by atomic mass is 32.1. The van der Waals surface area contributed by atoms with Crippen molar-refractivity contribution in [2.24, 2.45) is 0 Å². The molecule has 2 heterocycles. The summed E-state index contributed by atoms with van der Waals surface area (Å²) in [4.78, 5) is 30.1. The molecule has 158 valence electrons. The van der Waals surface area contributed by atoms with Crippen LogP contribution >= 0.6 is 11.3 Å². The van der Waals surface area contributed by atoms with Crippen LogP contribution in [0.25, 0.3) is 16.2 Å². The number of nitro groups is 1. The molecule has 31 heavy (non-hydrogen) atoms. The molecule has 4 rings (SSSR count). The molecule has 0 saturated heterocycles. The van der Waals surface area contributed by atoms with Crippen LogP contribution in [0, 0.1) is 10.1 Å². The van der Waals surface area contributed by atoms with Gasteiger partial charge in [-0.15, -0.1) is 16.4 Å². The molecule has 1 N–H and O–H groups in total. The van der Waals surface area contributed by atoms with Gasteiger partial charge in [0.05, 0.1) is 17.7 Å². The van der Waals surface area contributed by atoms with E-state index in [0.717, 1.165) is 11.3 Å². The number of amides is 1. The largest absolute Gasteiger partial charge is 0.497 e. The third-order valence-electron chi connectivity index (χ3n) is 4.59. The van der Waals surface area contributed by atoms with Crippen LogP contribution in [0.4, 0.5) is 17.3 Å². The van der Waals surface area contributed by atoms with Gasteiger partial charge < -0.3 is 9.64 Å². The maximum atomic E-state index is 12.7. The Morgan fingerprint density at radius 3 is 2.77 bits per heavy atom. The number of hydrogen-bond donors (Lipinski definition) is 1. The third-order valence-corrected chi connectivity index (χ3v) is 5.40. The Hall–Kier alpha value is -3.99. The Bertz CT molecular complexity index is 1300. The first kappa shape index (κ1) is 20.3. The van der Waals surface area contributed by atoms with Crippen molar-refractivity contribution in [1.29, 1.82) is 0 Å². The van der Waals surface area contributed by atoms with Gasteiger partial charge in [0.25, 0.3) is 17.5 Å². The second-order valence-electron chi connectivity index (χ2n) is 6.79. The number of carbonyl (C=O) groups is 1. The average molecular weight is 438 g/mol. The van der Waals surface area contributed by atoms with Crippen molar-refractivity contribution in [3.8, 4) is 17.0 Å². The number of nitrogens with zero attached hydrogens (tertiary/aromatic N) is 5. The highest BCUT2D eigenvalue weighted by Crippen LogP contribution is 2.29. The zero-order valence-corrected chi connectivity index (χ0v) is 17.7. The molecule has 0 unspecified atom stereocenters. The van der Waals surface area contributed by atoms with Crippen molar-refractivity contribution in [3.63, 3.8) is 0 Å². The van der Waals surface area contributed by atoms with Crippen molar-refractivity contribution < 1.29 is 14.5 Å². The number of fused-ring (bicyclic) bond motifs is 1. The Kier molecular flexibility index (Phi) is 5.26. The molecule has 0 fully saturated rings. The zero-order valence-electron chi connectivity index (χ0n) is 16.9. The summed E-state index contributed by atoms with van der Waals surface area (Å²) < 4.78 is 6.90. The number of rotatable bonds is 6. The van der Waals surface area contributed by atoms with Crippen molar-refractivity contribution in [2.45, 2.75) is 0 Å². The number of nitrogens with one attached hydrogen (secondary N) is 1. The van der Waals surface area contributed by atoms with Crippen LogP contribution < -0.4 is 15.0 Å². The van der Waals surface area contributed by atoms with Crippen molar-refractivity contribution >= 4 is 39.5 Å². The molecule has 4 aromatic rings. The minimum atomic E-state index is -0.533. The second kappa shape index (κ2) is 8.03. The number of thiazole rings is 1. The SMILES string of the molecule is COc1cccc(-c2csc3nc(NC(=O)c4ccc(N(C)C)c([N+](=O)[O-])c4)nn23)c1. The van der Waals surface area contributed by atoms with E-state index in [-0.39, 0.29) is 17.2 Å². The predicted molar refractivity (Wildman–Crippen MR) is 118 cm³/mol. The van der Waals surface area contributed by atoms with Gasteiger partial charge in [-0.25, -0.2) is 4.52 Å². The highest BCUT2D eigenvalue weighted by Gasteiger charge is 2.20. The summed E-state index contributed by atoms with van der Waals surface area (Å²) in [6, 6.07) is 11.8. The van der Waals surface area contributed by atoms with Gasteiger partial charge in [-0.05, 0) is 24.3 Å². The topological polar surface area (TPSA) is 115 Å². The molecule has 1 amide bonds. The predicted octanol–water partition coefficient (Wildman–Crippen LogP) is 3.69. The van der Waals surface area contributed by atoms with E-state index in [4.69, 9.17) is 4.74 Å². The molecule has 0 spiro atoms. The second-order valence-corrected chi connectivity index (χ2v) is 7.63. The molecule has 0 saturated carbocycles. The highest BCUT2D eigenvalue weighted by molar-refractivity contribution is 7.15. The fraction of sp³-hybridized carbons (Fsp3) is 0.150. The fourth-order valence-electron chi connectivity index (χ4n) is 3.08. The Morgan fingerprint density at radius 1 is 1.26 bits per heavy atom. The van der Waals surface area contributed by atoms with Crippen LogP contribution in [-0.2, 0) is 0 Å². The van der Waals surface area contributed by atoms with E-state index in [1.165, 1.54) is 29.5 Å². The zero-order chi connectivity index (χ0) is 22.1. The molecular formula is C20H18N6O4S. The van der Waals surface area contributed by atoms with Crippen LogP contribution in [0.5, 0.6) is 5.75 Å². The molecule has 11 heteroatoms. The van der Waals surface area contributed by atoms with Gasteiger partial charge in [-0.3, -0.25) is 20.2 Å². The van der Waals surface area contributed by atoms with Crippen LogP contribution in [0.3, 0.4) is 0 Å².